The van der Waals surface area contributed by atoms with Crippen LogP contribution in [0.2, 0.25) is 0 Å². The minimum absolute atomic E-state index is 0.176. The molecule has 0 bridgehead atoms. The predicted molar refractivity (Wildman–Crippen MR) is 70.7 cm³/mol. The third kappa shape index (κ3) is 2.76. The minimum Gasteiger partial charge on any atom is -0.451 e. The Morgan fingerprint density at radius 1 is 1.33 bits per heavy atom. The largest absolute Gasteiger partial charge is 0.451 e. The van der Waals surface area contributed by atoms with E-state index in [2.05, 4.69) is 9.97 Å². The second kappa shape index (κ2) is 5.12. The van der Waals surface area contributed by atoms with Gasteiger partial charge in [0.1, 0.15) is 0 Å². The van der Waals surface area contributed by atoms with Crippen molar-refractivity contribution in [3.8, 4) is 11.5 Å². The van der Waals surface area contributed by atoms with E-state index in [4.69, 9.17) is 9.47 Å². The molecular formula is C12H10N4O5. The molecule has 1 aromatic carbocycles. The molecule has 0 fully saturated rings. The number of hydrogen-bond acceptors (Lipinski definition) is 6. The third-order valence-electron chi connectivity index (χ3n) is 2.82. The van der Waals surface area contributed by atoms with Crippen LogP contribution < -0.4 is 20.5 Å². The molecule has 108 valence electrons. The molecule has 0 saturated heterocycles. The number of para-hydroxylation sites is 2. The average molecular weight is 290 g/mol. The summed E-state index contributed by atoms with van der Waals surface area (Å²) in [6, 6.07) is 7.16. The van der Waals surface area contributed by atoms with Gasteiger partial charge in [-0.1, -0.05) is 17.6 Å². The number of rotatable bonds is 4. The number of anilines is 1. The summed E-state index contributed by atoms with van der Waals surface area (Å²) in [7, 11) is 0. The second-order valence-corrected chi connectivity index (χ2v) is 4.27. The Bertz CT molecular complexity index is 719. The van der Waals surface area contributed by atoms with Gasteiger partial charge in [-0.2, -0.15) is 0 Å². The van der Waals surface area contributed by atoms with E-state index in [1.165, 1.54) is 6.20 Å². The molecule has 1 aliphatic heterocycles. The minimum atomic E-state index is -0.808. The third-order valence-corrected chi connectivity index (χ3v) is 2.82. The van der Waals surface area contributed by atoms with E-state index in [9.17, 15) is 14.9 Å². The molecule has 0 unspecified atom stereocenters. The molecule has 2 aromatic rings. The van der Waals surface area contributed by atoms with Crippen LogP contribution >= 0.6 is 0 Å². The summed E-state index contributed by atoms with van der Waals surface area (Å²) in [6.45, 7) is 0. The van der Waals surface area contributed by atoms with E-state index in [1.807, 2.05) is 12.1 Å². The van der Waals surface area contributed by atoms with Gasteiger partial charge < -0.3 is 9.47 Å². The SMILES string of the molecule is O=c1[nH]c(N[N+](=O)[O-])ncc1CC1Oc2ccccc2O1. The van der Waals surface area contributed by atoms with Gasteiger partial charge in [0.15, 0.2) is 16.5 Å². The predicted octanol–water partition coefficient (Wildman–Crippen LogP) is 0.713. The van der Waals surface area contributed by atoms with Crippen molar-refractivity contribution in [2.24, 2.45) is 0 Å². The average Bonchev–Trinajstić information content (AvgIpc) is 2.83. The van der Waals surface area contributed by atoms with Crippen LogP contribution in [-0.2, 0) is 6.42 Å². The topological polar surface area (TPSA) is 119 Å². The van der Waals surface area contributed by atoms with Crippen LogP contribution in [0.4, 0.5) is 5.95 Å². The number of fused-ring (bicyclic) bond motifs is 1. The number of H-pyrrole nitrogens is 1. The van der Waals surface area contributed by atoms with Crippen molar-refractivity contribution in [2.45, 2.75) is 12.7 Å². The number of hydrazine groups is 1. The molecule has 1 aromatic heterocycles. The Morgan fingerprint density at radius 3 is 2.57 bits per heavy atom. The van der Waals surface area contributed by atoms with Gasteiger partial charge in [0.05, 0.1) is 6.42 Å². The number of benzene rings is 1. The summed E-state index contributed by atoms with van der Waals surface area (Å²) in [5.74, 6) is 0.988. The molecule has 0 radical (unpaired) electrons. The number of nitro groups is 1. The zero-order valence-electron chi connectivity index (χ0n) is 10.6. The van der Waals surface area contributed by atoms with Crippen molar-refractivity contribution < 1.29 is 14.5 Å². The van der Waals surface area contributed by atoms with Gasteiger partial charge in [0, 0.05) is 11.8 Å². The molecule has 0 saturated carbocycles. The number of nitrogens with one attached hydrogen (secondary N) is 2. The molecule has 0 spiro atoms. The van der Waals surface area contributed by atoms with Gasteiger partial charge in [-0.15, -0.1) is 0 Å². The fourth-order valence-corrected chi connectivity index (χ4v) is 1.92. The van der Waals surface area contributed by atoms with E-state index in [0.717, 1.165) is 0 Å². The molecule has 2 heterocycles. The number of ether oxygens (including phenoxy) is 2. The number of hydrogen-bond donors (Lipinski definition) is 2. The lowest BCUT2D eigenvalue weighted by atomic mass is 10.2. The van der Waals surface area contributed by atoms with Gasteiger partial charge in [-0.25, -0.2) is 15.1 Å². The highest BCUT2D eigenvalue weighted by molar-refractivity contribution is 5.42. The standard InChI is InChI=1S/C12H10N4O5/c17-11-7(6-13-12(14-11)15-16(18)19)5-10-20-8-3-1-2-4-9(8)21-10/h1-4,6,10H,5H2,(H2,13,14,15,17). The molecular weight excluding hydrogens is 280 g/mol. The lowest BCUT2D eigenvalue weighted by Gasteiger charge is -2.09. The normalized spacial score (nSPS) is 13.1. The maximum Gasteiger partial charge on any atom is 0.265 e. The maximum absolute atomic E-state index is 11.8. The van der Waals surface area contributed by atoms with E-state index >= 15 is 0 Å². The first-order valence-electron chi connectivity index (χ1n) is 6.03. The molecule has 0 aliphatic carbocycles. The first kappa shape index (κ1) is 12.9. The first-order chi connectivity index (χ1) is 10.1. The van der Waals surface area contributed by atoms with Crippen LogP contribution in [0.3, 0.4) is 0 Å². The van der Waals surface area contributed by atoms with Gasteiger partial charge in [-0.05, 0) is 12.1 Å². The van der Waals surface area contributed by atoms with Crippen LogP contribution in [0.5, 0.6) is 11.5 Å². The monoisotopic (exact) mass is 290 g/mol. The quantitative estimate of drug-likeness (QED) is 0.628. The van der Waals surface area contributed by atoms with Crippen molar-refractivity contribution in [1.82, 2.24) is 9.97 Å². The number of nitrogens with zero attached hydrogens (tertiary/aromatic N) is 2. The van der Waals surface area contributed by atoms with Crippen LogP contribution in [0.15, 0.2) is 35.3 Å². The van der Waals surface area contributed by atoms with E-state index in [1.54, 1.807) is 17.6 Å². The van der Waals surface area contributed by atoms with Gasteiger partial charge in [-0.3, -0.25) is 9.78 Å². The fraction of sp³-hybridized carbons (Fsp3) is 0.167. The highest BCUT2D eigenvalue weighted by Gasteiger charge is 2.25. The zero-order valence-corrected chi connectivity index (χ0v) is 10.6. The van der Waals surface area contributed by atoms with Crippen LogP contribution in [-0.4, -0.2) is 21.3 Å². The molecule has 3 rings (SSSR count). The first-order valence-corrected chi connectivity index (χ1v) is 6.03. The van der Waals surface area contributed by atoms with E-state index < -0.39 is 16.9 Å². The molecule has 0 amide bonds. The summed E-state index contributed by atoms with van der Waals surface area (Å²) >= 11 is 0. The summed E-state index contributed by atoms with van der Waals surface area (Å²) in [5, 5.41) is 9.45. The van der Waals surface area contributed by atoms with Crippen molar-refractivity contribution in [3.63, 3.8) is 0 Å². The smallest absolute Gasteiger partial charge is 0.265 e. The number of aromatic nitrogens is 2. The summed E-state index contributed by atoms with van der Waals surface area (Å²) < 4.78 is 11.1. The van der Waals surface area contributed by atoms with Crippen molar-refractivity contribution >= 4 is 5.95 Å². The highest BCUT2D eigenvalue weighted by Crippen LogP contribution is 2.34. The van der Waals surface area contributed by atoms with Crippen LogP contribution in [0, 0.1) is 10.1 Å². The van der Waals surface area contributed by atoms with E-state index in [0.29, 0.717) is 17.1 Å². The zero-order chi connectivity index (χ0) is 14.8. The molecule has 21 heavy (non-hydrogen) atoms. The van der Waals surface area contributed by atoms with Crippen molar-refractivity contribution in [1.29, 1.82) is 0 Å². The molecule has 2 N–H and O–H groups in total. The molecule has 9 nitrogen and oxygen atoms in total. The van der Waals surface area contributed by atoms with Crippen LogP contribution in [0.25, 0.3) is 0 Å². The molecule has 9 heteroatoms. The Balaban J connectivity index is 1.72. The Hall–Kier alpha value is -3.10. The summed E-state index contributed by atoms with van der Waals surface area (Å²) in [6.07, 6.45) is 0.801. The van der Waals surface area contributed by atoms with Crippen molar-refractivity contribution in [2.75, 3.05) is 5.43 Å². The fourth-order valence-electron chi connectivity index (χ4n) is 1.92. The Labute approximate surface area is 117 Å². The van der Waals surface area contributed by atoms with E-state index in [-0.39, 0.29) is 12.4 Å². The highest BCUT2D eigenvalue weighted by atomic mass is 16.7. The Kier molecular flexibility index (Phi) is 3.14. The lowest BCUT2D eigenvalue weighted by molar-refractivity contribution is -0.446. The van der Waals surface area contributed by atoms with Crippen molar-refractivity contribution in [3.05, 3.63) is 56.5 Å². The van der Waals surface area contributed by atoms with Gasteiger partial charge >= 0.3 is 0 Å². The summed E-state index contributed by atoms with van der Waals surface area (Å²) in [5.41, 5.74) is 1.59. The Morgan fingerprint density at radius 2 is 2.00 bits per heavy atom. The summed E-state index contributed by atoms with van der Waals surface area (Å²) in [4.78, 5) is 28.1. The number of aromatic amines is 1. The molecule has 0 atom stereocenters. The maximum atomic E-state index is 11.8. The molecule has 1 aliphatic rings. The van der Waals surface area contributed by atoms with Gasteiger partial charge in [0.2, 0.25) is 6.29 Å². The lowest BCUT2D eigenvalue weighted by Crippen LogP contribution is -2.27. The van der Waals surface area contributed by atoms with Crippen LogP contribution in [0.1, 0.15) is 5.56 Å². The van der Waals surface area contributed by atoms with Gasteiger partial charge in [0.25, 0.3) is 11.5 Å². The second-order valence-electron chi connectivity index (χ2n) is 4.27.